The number of aliphatic hydroxyl groups excluding tert-OH is 1. The second-order valence-corrected chi connectivity index (χ2v) is 2.42. The summed E-state index contributed by atoms with van der Waals surface area (Å²) in [5, 5.41) is 8.42. The van der Waals surface area contributed by atoms with Crippen molar-refractivity contribution in [2.24, 2.45) is 0 Å². The van der Waals surface area contributed by atoms with Crippen molar-refractivity contribution in [3.63, 3.8) is 0 Å². The van der Waals surface area contributed by atoms with Crippen molar-refractivity contribution in [1.82, 2.24) is 4.90 Å². The van der Waals surface area contributed by atoms with Gasteiger partial charge < -0.3 is 10.0 Å². The minimum absolute atomic E-state index is 0.240. The molecule has 0 amide bonds. The molecule has 0 saturated carbocycles. The van der Waals surface area contributed by atoms with Crippen molar-refractivity contribution in [3.05, 3.63) is 0 Å². The van der Waals surface area contributed by atoms with Gasteiger partial charge in [0.2, 0.25) is 0 Å². The molecule has 0 rings (SSSR count). The Hall–Kier alpha value is -0.150. The monoisotopic (exact) mass is 149 g/mol. The summed E-state index contributed by atoms with van der Waals surface area (Å²) >= 11 is 0. The van der Waals surface area contributed by atoms with Crippen molar-refractivity contribution in [2.75, 3.05) is 33.4 Å². The maximum atomic E-state index is 11.7. The van der Waals surface area contributed by atoms with E-state index in [0.717, 1.165) is 19.4 Å². The van der Waals surface area contributed by atoms with Crippen LogP contribution in [0.1, 0.15) is 12.8 Å². The van der Waals surface area contributed by atoms with Crippen molar-refractivity contribution in [2.45, 2.75) is 12.8 Å². The van der Waals surface area contributed by atoms with Gasteiger partial charge in [-0.1, -0.05) is 0 Å². The van der Waals surface area contributed by atoms with Crippen molar-refractivity contribution in [1.29, 1.82) is 0 Å². The first-order valence-electron chi connectivity index (χ1n) is 3.66. The van der Waals surface area contributed by atoms with E-state index in [-0.39, 0.29) is 13.3 Å². The van der Waals surface area contributed by atoms with E-state index >= 15 is 0 Å². The molecular formula is C7H16FNO. The molecule has 3 heteroatoms. The lowest BCUT2D eigenvalue weighted by molar-refractivity contribution is 0.254. The fourth-order valence-corrected chi connectivity index (χ4v) is 0.750. The van der Waals surface area contributed by atoms with Gasteiger partial charge in [0.1, 0.15) is 6.67 Å². The highest BCUT2D eigenvalue weighted by Crippen LogP contribution is 1.90. The Morgan fingerprint density at radius 2 is 2.00 bits per heavy atom. The number of aliphatic hydroxyl groups is 1. The minimum atomic E-state index is -0.282. The quantitative estimate of drug-likeness (QED) is 0.561. The summed E-state index contributed by atoms with van der Waals surface area (Å²) in [7, 11) is 1.89. The van der Waals surface area contributed by atoms with Gasteiger partial charge in [0.05, 0.1) is 0 Å². The third-order valence-electron chi connectivity index (χ3n) is 1.41. The molecule has 0 saturated heterocycles. The number of hydrogen-bond acceptors (Lipinski definition) is 2. The normalized spacial score (nSPS) is 10.8. The number of halogens is 1. The van der Waals surface area contributed by atoms with Crippen LogP contribution >= 0.6 is 0 Å². The average Bonchev–Trinajstić information content (AvgIpc) is 1.89. The average molecular weight is 149 g/mol. The van der Waals surface area contributed by atoms with Gasteiger partial charge in [-0.3, -0.25) is 0 Å². The van der Waals surface area contributed by atoms with Gasteiger partial charge in [-0.2, -0.15) is 0 Å². The van der Waals surface area contributed by atoms with Gasteiger partial charge >= 0.3 is 0 Å². The third-order valence-corrected chi connectivity index (χ3v) is 1.41. The topological polar surface area (TPSA) is 23.5 Å². The van der Waals surface area contributed by atoms with Crippen LogP contribution in [-0.4, -0.2) is 43.4 Å². The molecule has 0 heterocycles. The molecule has 0 aliphatic rings. The summed E-state index contributed by atoms with van der Waals surface area (Å²) in [6, 6.07) is 0. The first-order valence-corrected chi connectivity index (χ1v) is 3.66. The molecule has 0 aliphatic carbocycles. The summed E-state index contributed by atoms with van der Waals surface area (Å²) in [5.74, 6) is 0. The van der Waals surface area contributed by atoms with Crippen LogP contribution < -0.4 is 0 Å². The summed E-state index contributed by atoms with van der Waals surface area (Å²) < 4.78 is 11.7. The van der Waals surface area contributed by atoms with Crippen molar-refractivity contribution < 1.29 is 9.50 Å². The molecule has 1 N–H and O–H groups in total. The molecule has 0 atom stereocenters. The summed E-state index contributed by atoms with van der Waals surface area (Å²) in [6.07, 6.45) is 1.77. The molecule has 0 unspecified atom stereocenters. The van der Waals surface area contributed by atoms with Crippen LogP contribution in [0.15, 0.2) is 0 Å². The Labute approximate surface area is 61.6 Å². The number of alkyl halides is 1. The molecule has 0 aliphatic heterocycles. The third kappa shape index (κ3) is 5.98. The highest BCUT2D eigenvalue weighted by molar-refractivity contribution is 4.49. The molecule has 62 valence electrons. The summed E-state index contributed by atoms with van der Waals surface area (Å²) in [6.45, 7) is 1.34. The minimum Gasteiger partial charge on any atom is -0.396 e. The van der Waals surface area contributed by atoms with E-state index in [4.69, 9.17) is 5.11 Å². The van der Waals surface area contributed by atoms with Crippen LogP contribution in [0.25, 0.3) is 0 Å². The van der Waals surface area contributed by atoms with E-state index in [2.05, 4.69) is 0 Å². The Morgan fingerprint density at radius 3 is 2.50 bits per heavy atom. The fourth-order valence-electron chi connectivity index (χ4n) is 0.750. The van der Waals surface area contributed by atoms with Gasteiger partial charge in [-0.05, 0) is 26.4 Å². The van der Waals surface area contributed by atoms with Gasteiger partial charge in [0.15, 0.2) is 0 Å². The smallest absolute Gasteiger partial charge is 0.102 e. The summed E-state index contributed by atoms with van der Waals surface area (Å²) in [5.41, 5.74) is 0. The number of rotatable bonds is 6. The predicted molar refractivity (Wildman–Crippen MR) is 39.8 cm³/mol. The van der Waals surface area contributed by atoms with E-state index in [1.54, 1.807) is 0 Å². The Kier molecular flexibility index (Phi) is 6.86. The van der Waals surface area contributed by atoms with Gasteiger partial charge in [-0.15, -0.1) is 0 Å². The summed E-state index contributed by atoms with van der Waals surface area (Å²) in [4.78, 5) is 1.93. The molecule has 0 aromatic rings. The zero-order valence-corrected chi connectivity index (χ0v) is 6.52. The Morgan fingerprint density at radius 1 is 1.30 bits per heavy atom. The number of hydrogen-bond donors (Lipinski definition) is 1. The van der Waals surface area contributed by atoms with Crippen LogP contribution in [-0.2, 0) is 0 Å². The first-order chi connectivity index (χ1) is 4.81. The number of nitrogens with zero attached hydrogens (tertiary/aromatic N) is 1. The zero-order chi connectivity index (χ0) is 7.82. The van der Waals surface area contributed by atoms with Crippen LogP contribution in [0, 0.1) is 0 Å². The second-order valence-electron chi connectivity index (χ2n) is 2.42. The highest BCUT2D eigenvalue weighted by Gasteiger charge is 1.95. The van der Waals surface area contributed by atoms with Crippen LogP contribution in [0.3, 0.4) is 0 Å². The van der Waals surface area contributed by atoms with Gasteiger partial charge in [0.25, 0.3) is 0 Å². The molecule has 0 radical (unpaired) electrons. The van der Waals surface area contributed by atoms with Gasteiger partial charge in [-0.25, -0.2) is 4.39 Å². The number of unbranched alkanes of at least 4 members (excludes halogenated alkanes) is 1. The second kappa shape index (κ2) is 6.96. The molecule has 0 fully saturated rings. The van der Waals surface area contributed by atoms with E-state index in [1.165, 1.54) is 0 Å². The molecule has 10 heavy (non-hydrogen) atoms. The lowest BCUT2D eigenvalue weighted by Gasteiger charge is -2.12. The standard InChI is InChI=1S/C7H16FNO/c1-9(6-4-8)5-2-3-7-10/h10H,2-7H2,1H3. The highest BCUT2D eigenvalue weighted by atomic mass is 19.1. The first kappa shape index (κ1) is 9.85. The zero-order valence-electron chi connectivity index (χ0n) is 6.52. The van der Waals surface area contributed by atoms with Crippen molar-refractivity contribution in [3.8, 4) is 0 Å². The van der Waals surface area contributed by atoms with E-state index < -0.39 is 0 Å². The lowest BCUT2D eigenvalue weighted by Crippen LogP contribution is -2.22. The van der Waals surface area contributed by atoms with Crippen LogP contribution in [0.2, 0.25) is 0 Å². The SMILES string of the molecule is CN(CCF)CCCCO. The Bertz CT molecular complexity index is 70.6. The van der Waals surface area contributed by atoms with E-state index in [9.17, 15) is 4.39 Å². The van der Waals surface area contributed by atoms with Gasteiger partial charge in [0, 0.05) is 13.2 Å². The molecule has 0 aromatic heterocycles. The van der Waals surface area contributed by atoms with Crippen LogP contribution in [0.4, 0.5) is 4.39 Å². The molecule has 0 aromatic carbocycles. The largest absolute Gasteiger partial charge is 0.396 e. The van der Waals surface area contributed by atoms with Crippen LogP contribution in [0.5, 0.6) is 0 Å². The predicted octanol–water partition coefficient (Wildman–Crippen LogP) is 0.660. The van der Waals surface area contributed by atoms with E-state index in [1.807, 2.05) is 11.9 Å². The van der Waals surface area contributed by atoms with E-state index in [0.29, 0.717) is 6.54 Å². The maximum Gasteiger partial charge on any atom is 0.102 e. The molecular weight excluding hydrogens is 133 g/mol. The molecule has 2 nitrogen and oxygen atoms in total. The Balaban J connectivity index is 2.97. The molecule has 0 bridgehead atoms. The van der Waals surface area contributed by atoms with Crippen molar-refractivity contribution >= 4 is 0 Å². The molecule has 0 spiro atoms. The lowest BCUT2D eigenvalue weighted by atomic mass is 10.3. The fraction of sp³-hybridized carbons (Fsp3) is 1.00. The maximum absolute atomic E-state index is 11.7.